The van der Waals surface area contributed by atoms with Gasteiger partial charge in [-0.15, -0.1) is 0 Å². The molecule has 2 heterocycles. The lowest BCUT2D eigenvalue weighted by Gasteiger charge is -2.00. The van der Waals surface area contributed by atoms with Crippen molar-refractivity contribution in [1.29, 1.82) is 0 Å². The van der Waals surface area contributed by atoms with Gasteiger partial charge in [-0.1, -0.05) is 13.3 Å². The molecule has 2 rings (SSSR count). The van der Waals surface area contributed by atoms with E-state index < -0.39 is 0 Å². The number of hydrogen-bond donors (Lipinski definition) is 2. The molecule has 4 heteroatoms. The number of rotatable bonds is 2. The highest BCUT2D eigenvalue weighted by atomic mass is 14.9. The Kier molecular flexibility index (Phi) is 1.88. The summed E-state index contributed by atoms with van der Waals surface area (Å²) >= 11 is 0. The van der Waals surface area contributed by atoms with E-state index in [1.165, 1.54) is 0 Å². The minimum atomic E-state index is 0.556. The van der Waals surface area contributed by atoms with Crippen LogP contribution in [-0.2, 0) is 6.42 Å². The molecule has 68 valence electrons. The van der Waals surface area contributed by atoms with Crippen LogP contribution < -0.4 is 5.73 Å². The van der Waals surface area contributed by atoms with E-state index in [0.717, 1.165) is 29.6 Å². The number of nitrogens with one attached hydrogen (secondary N) is 1. The molecule has 0 unspecified atom stereocenters. The summed E-state index contributed by atoms with van der Waals surface area (Å²) in [4.78, 5) is 11.5. The van der Waals surface area contributed by atoms with Gasteiger partial charge in [0.05, 0.1) is 17.5 Å². The fourth-order valence-electron chi connectivity index (χ4n) is 1.44. The van der Waals surface area contributed by atoms with Crippen molar-refractivity contribution < 1.29 is 0 Å². The van der Waals surface area contributed by atoms with Crippen molar-refractivity contribution in [1.82, 2.24) is 15.0 Å². The summed E-state index contributed by atoms with van der Waals surface area (Å²) in [5, 5.41) is 0. The number of nitrogens with zero attached hydrogens (tertiary/aromatic N) is 2. The summed E-state index contributed by atoms with van der Waals surface area (Å²) < 4.78 is 0. The van der Waals surface area contributed by atoms with Gasteiger partial charge in [0.1, 0.15) is 11.3 Å². The van der Waals surface area contributed by atoms with Crippen LogP contribution in [0, 0.1) is 0 Å². The number of aromatic nitrogens is 3. The predicted octanol–water partition coefficient (Wildman–Crippen LogP) is 1.49. The highest BCUT2D eigenvalue weighted by Crippen LogP contribution is 2.16. The minimum Gasteiger partial charge on any atom is -0.384 e. The fourth-order valence-corrected chi connectivity index (χ4v) is 1.44. The number of nitrogen functional groups attached to an aromatic ring is 1. The smallest absolute Gasteiger partial charge is 0.125 e. The van der Waals surface area contributed by atoms with E-state index in [4.69, 9.17) is 5.73 Å². The summed E-state index contributed by atoms with van der Waals surface area (Å²) in [5.41, 5.74) is 8.55. The lowest BCUT2D eigenvalue weighted by Crippen LogP contribution is -1.96. The predicted molar refractivity (Wildman–Crippen MR) is 52.3 cm³/mol. The van der Waals surface area contributed by atoms with Crippen molar-refractivity contribution in [3.05, 3.63) is 18.1 Å². The number of pyridine rings is 1. The van der Waals surface area contributed by atoms with Gasteiger partial charge in [-0.2, -0.15) is 0 Å². The van der Waals surface area contributed by atoms with E-state index in [0.29, 0.717) is 5.82 Å². The Morgan fingerprint density at radius 1 is 1.54 bits per heavy atom. The van der Waals surface area contributed by atoms with E-state index in [2.05, 4.69) is 21.9 Å². The molecule has 4 nitrogen and oxygen atoms in total. The molecule has 0 aliphatic heterocycles. The van der Waals surface area contributed by atoms with Gasteiger partial charge in [-0.05, 0) is 6.42 Å². The number of hydrogen-bond acceptors (Lipinski definition) is 3. The second-order valence-electron chi connectivity index (χ2n) is 3.04. The maximum Gasteiger partial charge on any atom is 0.125 e. The van der Waals surface area contributed by atoms with Crippen LogP contribution in [0.15, 0.2) is 12.4 Å². The zero-order chi connectivity index (χ0) is 9.26. The SMILES string of the molecule is CCCc1nc(N)cc2[nH]cnc12. The number of aryl methyl sites for hydroxylation is 1. The highest BCUT2D eigenvalue weighted by Gasteiger charge is 2.05. The molecule has 0 bridgehead atoms. The Bertz CT molecular complexity index is 418. The van der Waals surface area contributed by atoms with Crippen LogP contribution in [0.5, 0.6) is 0 Å². The van der Waals surface area contributed by atoms with Crippen LogP contribution in [0.1, 0.15) is 19.0 Å². The summed E-state index contributed by atoms with van der Waals surface area (Å²) in [6, 6.07) is 1.81. The van der Waals surface area contributed by atoms with E-state index in [9.17, 15) is 0 Å². The molecule has 0 saturated carbocycles. The Morgan fingerprint density at radius 2 is 2.38 bits per heavy atom. The highest BCUT2D eigenvalue weighted by molar-refractivity contribution is 5.79. The van der Waals surface area contributed by atoms with Gasteiger partial charge in [0.15, 0.2) is 0 Å². The summed E-state index contributed by atoms with van der Waals surface area (Å²) in [7, 11) is 0. The standard InChI is InChI=1S/C9H12N4/c1-2-3-6-9-7(11-5-12-9)4-8(10)13-6/h4-5H,2-3H2,1H3,(H2,10,13)(H,11,12). The first-order chi connectivity index (χ1) is 6.31. The zero-order valence-corrected chi connectivity index (χ0v) is 7.54. The minimum absolute atomic E-state index is 0.556. The van der Waals surface area contributed by atoms with E-state index >= 15 is 0 Å². The van der Waals surface area contributed by atoms with Gasteiger partial charge in [0, 0.05) is 6.07 Å². The van der Waals surface area contributed by atoms with Crippen LogP contribution in [0.4, 0.5) is 5.82 Å². The molecule has 13 heavy (non-hydrogen) atoms. The van der Waals surface area contributed by atoms with Gasteiger partial charge in [-0.3, -0.25) is 0 Å². The maximum atomic E-state index is 5.66. The van der Waals surface area contributed by atoms with Crippen molar-refractivity contribution in [2.45, 2.75) is 19.8 Å². The Hall–Kier alpha value is -1.58. The molecule has 0 aliphatic carbocycles. The summed E-state index contributed by atoms with van der Waals surface area (Å²) in [5.74, 6) is 0.556. The zero-order valence-electron chi connectivity index (χ0n) is 7.54. The van der Waals surface area contributed by atoms with Crippen LogP contribution in [0.3, 0.4) is 0 Å². The second kappa shape index (κ2) is 3.05. The quantitative estimate of drug-likeness (QED) is 0.728. The van der Waals surface area contributed by atoms with Crippen LogP contribution in [-0.4, -0.2) is 15.0 Å². The second-order valence-corrected chi connectivity index (χ2v) is 3.04. The molecule has 0 amide bonds. The van der Waals surface area contributed by atoms with Gasteiger partial charge < -0.3 is 10.7 Å². The van der Waals surface area contributed by atoms with Crippen LogP contribution >= 0.6 is 0 Å². The van der Waals surface area contributed by atoms with Crippen molar-refractivity contribution in [3.63, 3.8) is 0 Å². The summed E-state index contributed by atoms with van der Waals surface area (Å²) in [6.45, 7) is 2.11. The molecule has 0 aliphatic rings. The third kappa shape index (κ3) is 1.35. The topological polar surface area (TPSA) is 67.6 Å². The first-order valence-corrected chi connectivity index (χ1v) is 4.39. The molecule has 2 aromatic heterocycles. The van der Waals surface area contributed by atoms with Crippen molar-refractivity contribution in [2.75, 3.05) is 5.73 Å². The Balaban J connectivity index is 2.63. The van der Waals surface area contributed by atoms with Crippen LogP contribution in [0.25, 0.3) is 11.0 Å². The van der Waals surface area contributed by atoms with Crippen molar-refractivity contribution >= 4 is 16.9 Å². The van der Waals surface area contributed by atoms with E-state index in [1.807, 2.05) is 6.07 Å². The van der Waals surface area contributed by atoms with E-state index in [-0.39, 0.29) is 0 Å². The van der Waals surface area contributed by atoms with Gasteiger partial charge in [0.25, 0.3) is 0 Å². The normalized spacial score (nSPS) is 10.8. The van der Waals surface area contributed by atoms with E-state index in [1.54, 1.807) is 6.33 Å². The number of fused-ring (bicyclic) bond motifs is 1. The molecule has 0 atom stereocenters. The van der Waals surface area contributed by atoms with Crippen molar-refractivity contribution in [3.8, 4) is 0 Å². The first kappa shape index (κ1) is 8.04. The molecule has 0 aromatic carbocycles. The third-order valence-electron chi connectivity index (χ3n) is 1.99. The number of H-pyrrole nitrogens is 1. The molecule has 0 radical (unpaired) electrons. The molecule has 2 aromatic rings. The molecular formula is C9H12N4. The number of imidazole rings is 1. The average Bonchev–Trinajstić information content (AvgIpc) is 2.52. The summed E-state index contributed by atoms with van der Waals surface area (Å²) in [6.07, 6.45) is 3.65. The number of nitrogens with two attached hydrogens (primary N) is 1. The monoisotopic (exact) mass is 176 g/mol. The van der Waals surface area contributed by atoms with Crippen LogP contribution in [0.2, 0.25) is 0 Å². The van der Waals surface area contributed by atoms with Crippen molar-refractivity contribution in [2.24, 2.45) is 0 Å². The lowest BCUT2D eigenvalue weighted by atomic mass is 10.2. The third-order valence-corrected chi connectivity index (χ3v) is 1.99. The fraction of sp³-hybridized carbons (Fsp3) is 0.333. The molecular weight excluding hydrogens is 164 g/mol. The van der Waals surface area contributed by atoms with Gasteiger partial charge >= 0.3 is 0 Å². The Labute approximate surface area is 76.2 Å². The average molecular weight is 176 g/mol. The Morgan fingerprint density at radius 3 is 3.15 bits per heavy atom. The molecule has 0 saturated heterocycles. The van der Waals surface area contributed by atoms with Gasteiger partial charge in [0.2, 0.25) is 0 Å². The molecule has 0 spiro atoms. The largest absolute Gasteiger partial charge is 0.384 e. The number of aromatic amines is 1. The molecule has 0 fully saturated rings. The number of anilines is 1. The first-order valence-electron chi connectivity index (χ1n) is 4.39. The maximum absolute atomic E-state index is 5.66. The molecule has 3 N–H and O–H groups in total. The lowest BCUT2D eigenvalue weighted by molar-refractivity contribution is 0.892. The van der Waals surface area contributed by atoms with Gasteiger partial charge in [-0.25, -0.2) is 9.97 Å².